The van der Waals surface area contributed by atoms with Crippen LogP contribution in [0.5, 0.6) is 0 Å². The SMILES string of the molecule is C=C/C(C)=C\C=C\N(CC)CCO.CO.O=c1c2ccc3ccccc3c2ncn1C1CCOCC1. The molecule has 0 radical (unpaired) electrons. The van der Waals surface area contributed by atoms with Crippen LogP contribution in [0.1, 0.15) is 32.7 Å². The number of hydrogen-bond donors (Lipinski definition) is 2. The lowest BCUT2D eigenvalue weighted by atomic mass is 10.1. The smallest absolute Gasteiger partial charge is 0.261 e. The molecule has 1 aromatic heterocycles. The van der Waals surface area contributed by atoms with Crippen LogP contribution in [0.25, 0.3) is 21.7 Å². The molecule has 1 fully saturated rings. The number of aromatic nitrogens is 2. The maximum atomic E-state index is 12.8. The quantitative estimate of drug-likeness (QED) is 0.373. The number of ether oxygens (including phenoxy) is 1. The summed E-state index contributed by atoms with van der Waals surface area (Å²) in [5.41, 5.74) is 1.98. The normalized spacial score (nSPS) is 14.2. The average Bonchev–Trinajstić information content (AvgIpc) is 2.94. The maximum absolute atomic E-state index is 12.8. The third-order valence-corrected chi connectivity index (χ3v) is 6.03. The molecule has 0 atom stereocenters. The highest BCUT2D eigenvalue weighted by molar-refractivity contribution is 6.04. The Bertz CT molecular complexity index is 1210. The first-order valence-electron chi connectivity index (χ1n) is 12.3. The van der Waals surface area contributed by atoms with Gasteiger partial charge in [-0.15, -0.1) is 0 Å². The van der Waals surface area contributed by atoms with Crippen LogP contribution >= 0.6 is 0 Å². The van der Waals surface area contributed by atoms with E-state index in [1.165, 1.54) is 0 Å². The molecule has 2 aromatic carbocycles. The van der Waals surface area contributed by atoms with Gasteiger partial charge >= 0.3 is 0 Å². The van der Waals surface area contributed by atoms with Gasteiger partial charge in [0, 0.05) is 44.8 Å². The lowest BCUT2D eigenvalue weighted by Gasteiger charge is -2.24. The minimum absolute atomic E-state index is 0.0534. The van der Waals surface area contributed by atoms with Gasteiger partial charge in [-0.1, -0.05) is 54.6 Å². The molecule has 1 aliphatic heterocycles. The zero-order chi connectivity index (χ0) is 26.3. The fourth-order valence-corrected chi connectivity index (χ4v) is 3.95. The zero-order valence-electron chi connectivity index (χ0n) is 21.6. The number of aliphatic hydroxyl groups excluding tert-OH is 2. The molecule has 4 rings (SSSR count). The molecule has 1 saturated heterocycles. The molecule has 3 aromatic rings. The Labute approximate surface area is 213 Å². The lowest BCUT2D eigenvalue weighted by Crippen LogP contribution is -2.29. The van der Waals surface area contributed by atoms with Crippen molar-refractivity contribution in [2.75, 3.05) is 40.0 Å². The molecule has 2 N–H and O–H groups in total. The van der Waals surface area contributed by atoms with Gasteiger partial charge in [0.15, 0.2) is 0 Å². The minimum Gasteiger partial charge on any atom is -0.400 e. The van der Waals surface area contributed by atoms with Gasteiger partial charge < -0.3 is 19.8 Å². The number of fused-ring (bicyclic) bond motifs is 3. The summed E-state index contributed by atoms with van der Waals surface area (Å²) in [5.74, 6) is 0. The Morgan fingerprint density at radius 2 is 1.92 bits per heavy atom. The Balaban J connectivity index is 0.000000265. The molecule has 194 valence electrons. The van der Waals surface area contributed by atoms with Crippen molar-refractivity contribution in [1.82, 2.24) is 14.5 Å². The molecule has 0 bridgehead atoms. The van der Waals surface area contributed by atoms with E-state index in [9.17, 15) is 4.79 Å². The van der Waals surface area contributed by atoms with Crippen molar-refractivity contribution in [2.45, 2.75) is 32.7 Å². The second-order valence-corrected chi connectivity index (χ2v) is 8.29. The number of nitrogens with zero attached hydrogens (tertiary/aromatic N) is 3. The van der Waals surface area contributed by atoms with Gasteiger partial charge in [0.25, 0.3) is 5.56 Å². The van der Waals surface area contributed by atoms with Crippen molar-refractivity contribution in [2.24, 2.45) is 0 Å². The summed E-state index contributed by atoms with van der Waals surface area (Å²) in [7, 11) is 1.00. The van der Waals surface area contributed by atoms with E-state index in [1.54, 1.807) is 10.9 Å². The van der Waals surface area contributed by atoms with Crippen LogP contribution in [-0.4, -0.2) is 64.7 Å². The first-order chi connectivity index (χ1) is 17.6. The summed E-state index contributed by atoms with van der Waals surface area (Å²) < 4.78 is 7.15. The highest BCUT2D eigenvalue weighted by atomic mass is 16.5. The van der Waals surface area contributed by atoms with E-state index in [0.29, 0.717) is 25.1 Å². The van der Waals surface area contributed by atoms with Gasteiger partial charge in [0.2, 0.25) is 0 Å². The third kappa shape index (κ3) is 7.88. The Morgan fingerprint density at radius 1 is 1.19 bits per heavy atom. The lowest BCUT2D eigenvalue weighted by molar-refractivity contribution is 0.0685. The molecule has 0 aliphatic carbocycles. The second kappa shape index (κ2) is 15.7. The number of hydrogen-bond acceptors (Lipinski definition) is 6. The van der Waals surface area contributed by atoms with Crippen molar-refractivity contribution in [3.63, 3.8) is 0 Å². The van der Waals surface area contributed by atoms with Crippen molar-refractivity contribution in [1.29, 1.82) is 0 Å². The summed E-state index contributed by atoms with van der Waals surface area (Å²) in [4.78, 5) is 19.4. The van der Waals surface area contributed by atoms with E-state index in [-0.39, 0.29) is 18.2 Å². The minimum atomic E-state index is 0.0534. The predicted molar refractivity (Wildman–Crippen MR) is 148 cm³/mol. The molecule has 0 saturated carbocycles. The highest BCUT2D eigenvalue weighted by Gasteiger charge is 2.18. The van der Waals surface area contributed by atoms with Crippen molar-refractivity contribution in [3.8, 4) is 0 Å². The number of allylic oxidation sites excluding steroid dienone is 4. The Hall–Kier alpha value is -3.26. The fraction of sp³-hybridized carbons (Fsp3) is 0.379. The second-order valence-electron chi connectivity index (χ2n) is 8.29. The maximum Gasteiger partial charge on any atom is 0.261 e. The first-order valence-corrected chi connectivity index (χ1v) is 12.3. The molecule has 7 heteroatoms. The summed E-state index contributed by atoms with van der Waals surface area (Å²) in [5, 5.41) is 18.6. The summed E-state index contributed by atoms with van der Waals surface area (Å²) in [6, 6.07) is 12.1. The van der Waals surface area contributed by atoms with Crippen LogP contribution in [0.3, 0.4) is 0 Å². The van der Waals surface area contributed by atoms with E-state index in [4.69, 9.17) is 14.9 Å². The predicted octanol–water partition coefficient (Wildman–Crippen LogP) is 4.46. The van der Waals surface area contributed by atoms with Gasteiger partial charge in [-0.2, -0.15) is 0 Å². The summed E-state index contributed by atoms with van der Waals surface area (Å²) in [6.45, 7) is 10.9. The van der Waals surface area contributed by atoms with Gasteiger partial charge in [-0.25, -0.2) is 4.98 Å². The van der Waals surface area contributed by atoms with Gasteiger partial charge in [-0.3, -0.25) is 9.36 Å². The Kier molecular flexibility index (Phi) is 12.6. The van der Waals surface area contributed by atoms with E-state index in [1.807, 2.05) is 72.6 Å². The van der Waals surface area contributed by atoms with Gasteiger partial charge in [0.1, 0.15) is 0 Å². The van der Waals surface area contributed by atoms with Crippen molar-refractivity contribution >= 4 is 21.7 Å². The zero-order valence-corrected chi connectivity index (χ0v) is 21.6. The molecular weight excluding hydrogens is 454 g/mol. The number of benzene rings is 2. The Morgan fingerprint density at radius 3 is 2.58 bits per heavy atom. The molecule has 0 amide bonds. The average molecular weight is 494 g/mol. The third-order valence-electron chi connectivity index (χ3n) is 6.03. The molecule has 2 heterocycles. The van der Waals surface area contributed by atoms with E-state index < -0.39 is 0 Å². The van der Waals surface area contributed by atoms with E-state index >= 15 is 0 Å². The van der Waals surface area contributed by atoms with Gasteiger partial charge in [0.05, 0.1) is 23.8 Å². The molecule has 1 aliphatic rings. The largest absolute Gasteiger partial charge is 0.400 e. The van der Waals surface area contributed by atoms with Crippen molar-refractivity contribution < 1.29 is 14.9 Å². The van der Waals surface area contributed by atoms with Crippen LogP contribution in [0.2, 0.25) is 0 Å². The van der Waals surface area contributed by atoms with Crippen LogP contribution < -0.4 is 5.56 Å². The molecule has 7 nitrogen and oxygen atoms in total. The van der Waals surface area contributed by atoms with Gasteiger partial charge in [-0.05, 0) is 50.4 Å². The van der Waals surface area contributed by atoms with E-state index in [0.717, 1.165) is 48.4 Å². The standard InChI is InChI=1S/C17H16N2O2.C11H19NO.CH4O/c20-17-15-6-5-12-3-1-2-4-14(12)16(15)18-11-19(17)13-7-9-21-10-8-13;1-4-11(3)7-6-8-12(5-2)9-10-13;1-2/h1-6,11,13H,7-10H2;4,6-8,13H,1,5,9-10H2,2-3H3;2H,1H3/b;8-6+,11-7-;. The number of aliphatic hydroxyl groups is 2. The molecule has 0 spiro atoms. The molecule has 0 unspecified atom stereocenters. The van der Waals surface area contributed by atoms with Crippen LogP contribution in [0.15, 0.2) is 84.1 Å². The first kappa shape index (κ1) is 29.0. The summed E-state index contributed by atoms with van der Waals surface area (Å²) in [6.07, 6.45) is 11.2. The van der Waals surface area contributed by atoms with Crippen LogP contribution in [0.4, 0.5) is 0 Å². The van der Waals surface area contributed by atoms with Crippen LogP contribution in [0, 0.1) is 0 Å². The van der Waals surface area contributed by atoms with Crippen LogP contribution in [-0.2, 0) is 4.74 Å². The van der Waals surface area contributed by atoms with E-state index in [2.05, 4.69) is 18.5 Å². The molecule has 36 heavy (non-hydrogen) atoms. The summed E-state index contributed by atoms with van der Waals surface area (Å²) >= 11 is 0. The topological polar surface area (TPSA) is 87.8 Å². The molecular formula is C29H39N3O4. The monoisotopic (exact) mass is 493 g/mol. The highest BCUT2D eigenvalue weighted by Crippen LogP contribution is 2.23. The van der Waals surface area contributed by atoms with Crippen molar-refractivity contribution in [3.05, 3.63) is 89.7 Å². The number of likely N-dealkylation sites (N-methyl/N-ethyl adjacent to an activating group) is 1. The fourth-order valence-electron chi connectivity index (χ4n) is 3.95. The number of rotatable bonds is 7.